The van der Waals surface area contributed by atoms with Gasteiger partial charge in [0.15, 0.2) is 0 Å². The smallest absolute Gasteiger partial charge is 0.264 e. The first-order chi connectivity index (χ1) is 21.5. The monoisotopic (exact) mass is 665 g/mol. The van der Waals surface area contributed by atoms with Crippen LogP contribution in [0.4, 0.5) is 5.69 Å². The molecule has 0 saturated heterocycles. The number of hydrogen-bond donors (Lipinski definition) is 1. The Kier molecular flexibility index (Phi) is 11.7. The normalized spacial score (nSPS) is 12.6. The summed E-state index contributed by atoms with van der Waals surface area (Å²) < 4.78 is 29.2. The third-order valence-electron chi connectivity index (χ3n) is 7.53. The van der Waals surface area contributed by atoms with Crippen molar-refractivity contribution in [1.29, 1.82) is 0 Å². The number of nitrogens with one attached hydrogen (secondary N) is 1. The Labute approximate surface area is 275 Å². The summed E-state index contributed by atoms with van der Waals surface area (Å²) in [7, 11) is -4.29. The molecule has 0 aromatic heterocycles. The van der Waals surface area contributed by atoms with Crippen molar-refractivity contribution in [1.82, 2.24) is 10.2 Å². The summed E-state index contributed by atoms with van der Waals surface area (Å²) in [6.45, 7) is 5.29. The number of aryl methyl sites for hydroxylation is 1. The van der Waals surface area contributed by atoms with Gasteiger partial charge in [-0.3, -0.25) is 13.9 Å². The molecule has 0 aliphatic heterocycles. The molecule has 0 bridgehead atoms. The van der Waals surface area contributed by atoms with E-state index in [1.54, 1.807) is 24.3 Å². The molecule has 0 aliphatic rings. The lowest BCUT2D eigenvalue weighted by atomic mass is 10.0. The highest BCUT2D eigenvalue weighted by Crippen LogP contribution is 2.33. The second-order valence-electron chi connectivity index (χ2n) is 11.0. The fourth-order valence-corrected chi connectivity index (χ4v) is 6.68. The van der Waals surface area contributed by atoms with Gasteiger partial charge in [0.05, 0.1) is 15.6 Å². The number of carbonyl (C=O) groups is 2. The lowest BCUT2D eigenvalue weighted by Gasteiger charge is -2.34. The molecule has 0 radical (unpaired) electrons. The molecule has 0 aliphatic carbocycles. The standard InChI is InChI=1S/C35H37Cl2N3O4S/c1-4-26(3)38-35(42)33(21-27-11-7-5-8-12-27)39(23-28-17-15-25(2)16-18-28)34(41)24-40(32-22-29(36)19-20-31(32)37)45(43,44)30-13-9-6-10-14-30/h5-20,22,26,33H,4,21,23-24H2,1-3H3,(H,38,42)/t26-,33+/m1/s1. The van der Waals surface area contributed by atoms with Crippen molar-refractivity contribution >= 4 is 50.7 Å². The van der Waals surface area contributed by atoms with Crippen LogP contribution in [-0.2, 0) is 32.6 Å². The molecule has 2 amide bonds. The predicted octanol–water partition coefficient (Wildman–Crippen LogP) is 7.05. The molecular formula is C35H37Cl2N3O4S. The van der Waals surface area contributed by atoms with E-state index in [9.17, 15) is 18.0 Å². The second kappa shape index (κ2) is 15.4. The zero-order valence-corrected chi connectivity index (χ0v) is 27.8. The molecule has 7 nitrogen and oxygen atoms in total. The first kappa shape index (κ1) is 34.0. The molecule has 4 rings (SSSR count). The number of amides is 2. The van der Waals surface area contributed by atoms with Gasteiger partial charge < -0.3 is 10.2 Å². The van der Waals surface area contributed by atoms with Crippen molar-refractivity contribution in [3.05, 3.63) is 130 Å². The molecule has 4 aromatic carbocycles. The quantitative estimate of drug-likeness (QED) is 0.166. The Morgan fingerprint density at radius 3 is 2.09 bits per heavy atom. The zero-order chi connectivity index (χ0) is 32.6. The number of sulfonamides is 1. The Morgan fingerprint density at radius 1 is 0.844 bits per heavy atom. The molecule has 45 heavy (non-hydrogen) atoms. The summed E-state index contributed by atoms with van der Waals surface area (Å²) in [6, 6.07) is 28.3. The van der Waals surface area contributed by atoms with E-state index in [2.05, 4.69) is 5.32 Å². The van der Waals surface area contributed by atoms with Gasteiger partial charge in [-0.1, -0.05) is 108 Å². The van der Waals surface area contributed by atoms with Gasteiger partial charge in [-0.25, -0.2) is 8.42 Å². The highest BCUT2D eigenvalue weighted by Gasteiger charge is 2.35. The number of anilines is 1. The Hall–Kier alpha value is -3.85. The van der Waals surface area contributed by atoms with Gasteiger partial charge in [0.1, 0.15) is 12.6 Å². The topological polar surface area (TPSA) is 86.8 Å². The van der Waals surface area contributed by atoms with Crippen molar-refractivity contribution in [2.45, 2.75) is 57.1 Å². The van der Waals surface area contributed by atoms with E-state index in [1.165, 1.54) is 29.2 Å². The molecule has 0 fully saturated rings. The fourth-order valence-electron chi connectivity index (χ4n) is 4.80. The lowest BCUT2D eigenvalue weighted by molar-refractivity contribution is -0.140. The van der Waals surface area contributed by atoms with Gasteiger partial charge >= 0.3 is 0 Å². The highest BCUT2D eigenvalue weighted by atomic mass is 35.5. The van der Waals surface area contributed by atoms with E-state index in [-0.39, 0.29) is 45.5 Å². The molecule has 0 spiro atoms. The van der Waals surface area contributed by atoms with E-state index in [1.807, 2.05) is 75.4 Å². The van der Waals surface area contributed by atoms with Gasteiger partial charge in [0, 0.05) is 24.0 Å². The van der Waals surface area contributed by atoms with Crippen molar-refractivity contribution < 1.29 is 18.0 Å². The van der Waals surface area contributed by atoms with Crippen LogP contribution in [0.25, 0.3) is 0 Å². The number of halogens is 2. The molecule has 4 aromatic rings. The fraction of sp³-hybridized carbons (Fsp3) is 0.257. The maximum Gasteiger partial charge on any atom is 0.264 e. The summed E-state index contributed by atoms with van der Waals surface area (Å²) in [5, 5.41) is 3.39. The van der Waals surface area contributed by atoms with E-state index in [0.717, 1.165) is 21.0 Å². The number of benzene rings is 4. The largest absolute Gasteiger partial charge is 0.352 e. The second-order valence-corrected chi connectivity index (χ2v) is 13.7. The molecule has 2 atom stereocenters. The Bertz CT molecular complexity index is 1700. The molecular weight excluding hydrogens is 629 g/mol. The van der Waals surface area contributed by atoms with Gasteiger partial charge in [-0.05, 0) is 61.7 Å². The van der Waals surface area contributed by atoms with Crippen LogP contribution in [0.15, 0.2) is 108 Å². The van der Waals surface area contributed by atoms with E-state index in [0.29, 0.717) is 6.42 Å². The third-order valence-corrected chi connectivity index (χ3v) is 9.86. The van der Waals surface area contributed by atoms with Crippen molar-refractivity contribution in [2.75, 3.05) is 10.8 Å². The number of nitrogens with zero attached hydrogens (tertiary/aromatic N) is 2. The summed E-state index contributed by atoms with van der Waals surface area (Å²) >= 11 is 12.8. The van der Waals surface area contributed by atoms with Crippen molar-refractivity contribution in [3.63, 3.8) is 0 Å². The van der Waals surface area contributed by atoms with Gasteiger partial charge in [0.2, 0.25) is 11.8 Å². The van der Waals surface area contributed by atoms with Gasteiger partial charge in [-0.2, -0.15) is 0 Å². The van der Waals surface area contributed by atoms with Crippen LogP contribution < -0.4 is 9.62 Å². The Morgan fingerprint density at radius 2 is 1.47 bits per heavy atom. The summed E-state index contributed by atoms with van der Waals surface area (Å²) in [5.74, 6) is -0.904. The van der Waals surface area contributed by atoms with Crippen LogP contribution in [0.3, 0.4) is 0 Å². The van der Waals surface area contributed by atoms with Crippen LogP contribution in [0.1, 0.15) is 37.0 Å². The lowest BCUT2D eigenvalue weighted by Crippen LogP contribution is -2.54. The molecule has 0 heterocycles. The SMILES string of the molecule is CC[C@@H](C)NC(=O)[C@H](Cc1ccccc1)N(Cc1ccc(C)cc1)C(=O)CN(c1cc(Cl)ccc1Cl)S(=O)(=O)c1ccccc1. The third kappa shape index (κ3) is 8.87. The molecule has 0 unspecified atom stereocenters. The minimum Gasteiger partial charge on any atom is -0.352 e. The van der Waals surface area contributed by atoms with Gasteiger partial charge in [-0.15, -0.1) is 0 Å². The first-order valence-electron chi connectivity index (χ1n) is 14.7. The zero-order valence-electron chi connectivity index (χ0n) is 25.5. The molecule has 236 valence electrons. The highest BCUT2D eigenvalue weighted by molar-refractivity contribution is 7.92. The minimum atomic E-state index is -4.29. The maximum absolute atomic E-state index is 14.5. The number of hydrogen-bond acceptors (Lipinski definition) is 4. The molecule has 0 saturated carbocycles. The first-order valence-corrected chi connectivity index (χ1v) is 16.9. The summed E-state index contributed by atoms with van der Waals surface area (Å²) in [5.41, 5.74) is 2.75. The number of rotatable bonds is 13. The van der Waals surface area contributed by atoms with Crippen molar-refractivity contribution in [2.24, 2.45) is 0 Å². The van der Waals surface area contributed by atoms with E-state index < -0.39 is 28.5 Å². The van der Waals surface area contributed by atoms with Crippen LogP contribution in [0.5, 0.6) is 0 Å². The van der Waals surface area contributed by atoms with Crippen molar-refractivity contribution in [3.8, 4) is 0 Å². The van der Waals surface area contributed by atoms with E-state index >= 15 is 0 Å². The molecule has 1 N–H and O–H groups in total. The average molecular weight is 667 g/mol. The summed E-state index contributed by atoms with van der Waals surface area (Å²) in [4.78, 5) is 29.9. The number of carbonyl (C=O) groups excluding carboxylic acids is 2. The van der Waals surface area contributed by atoms with Crippen LogP contribution in [0, 0.1) is 6.92 Å². The average Bonchev–Trinajstić information content (AvgIpc) is 3.04. The Balaban J connectivity index is 1.83. The maximum atomic E-state index is 14.5. The van der Waals surface area contributed by atoms with Crippen LogP contribution in [-0.4, -0.2) is 43.8 Å². The van der Waals surface area contributed by atoms with Crippen LogP contribution >= 0.6 is 23.2 Å². The minimum absolute atomic E-state index is 0.0192. The predicted molar refractivity (Wildman–Crippen MR) is 181 cm³/mol. The molecule has 10 heteroatoms. The summed E-state index contributed by atoms with van der Waals surface area (Å²) in [6.07, 6.45) is 0.927. The van der Waals surface area contributed by atoms with E-state index in [4.69, 9.17) is 23.2 Å². The van der Waals surface area contributed by atoms with Gasteiger partial charge in [0.25, 0.3) is 10.0 Å². The van der Waals surface area contributed by atoms with Crippen LogP contribution in [0.2, 0.25) is 10.0 Å².